The Morgan fingerprint density at radius 3 is 3.26 bits per heavy atom. The van der Waals surface area contributed by atoms with Crippen LogP contribution in [-0.2, 0) is 11.2 Å². The molecule has 2 heterocycles. The van der Waals surface area contributed by atoms with Crippen molar-refractivity contribution in [3.8, 4) is 0 Å². The van der Waals surface area contributed by atoms with Gasteiger partial charge in [-0.3, -0.25) is 4.79 Å². The normalized spacial score (nSPS) is 20.9. The van der Waals surface area contributed by atoms with Crippen molar-refractivity contribution in [2.45, 2.75) is 31.8 Å². The summed E-state index contributed by atoms with van der Waals surface area (Å²) in [5, 5.41) is 6.28. The summed E-state index contributed by atoms with van der Waals surface area (Å²) in [6, 6.07) is 5.88. The molecular formula is C15H20N2O2. The molecule has 2 aliphatic rings. The summed E-state index contributed by atoms with van der Waals surface area (Å²) in [7, 11) is 0. The SMILES string of the molecule is O=C(NCC[C@@H]1CCCO1)c1ccc2c(c1)CCN2. The molecule has 2 aliphatic heterocycles. The number of carbonyl (C=O) groups excluding carboxylic acids is 1. The Morgan fingerprint density at radius 2 is 2.42 bits per heavy atom. The van der Waals surface area contributed by atoms with E-state index in [4.69, 9.17) is 4.74 Å². The largest absolute Gasteiger partial charge is 0.384 e. The van der Waals surface area contributed by atoms with Crippen molar-refractivity contribution >= 4 is 11.6 Å². The molecule has 1 atom stereocenters. The predicted octanol–water partition coefficient (Wildman–Crippen LogP) is 1.95. The van der Waals surface area contributed by atoms with Crippen LogP contribution in [-0.4, -0.2) is 31.7 Å². The molecule has 1 aromatic carbocycles. The summed E-state index contributed by atoms with van der Waals surface area (Å²) < 4.78 is 5.54. The lowest BCUT2D eigenvalue weighted by Crippen LogP contribution is -2.27. The third kappa shape index (κ3) is 2.89. The summed E-state index contributed by atoms with van der Waals surface area (Å²) in [6.07, 6.45) is 4.53. The predicted molar refractivity (Wildman–Crippen MR) is 74.6 cm³/mol. The number of rotatable bonds is 4. The zero-order valence-electron chi connectivity index (χ0n) is 11.1. The standard InChI is InChI=1S/C15H20N2O2/c18-15(17-8-6-13-2-1-9-19-13)12-3-4-14-11(10-12)5-7-16-14/h3-4,10,13,16H,1-2,5-9H2,(H,17,18)/t13-/m0/s1. The molecule has 1 aromatic rings. The van der Waals surface area contributed by atoms with Crippen LogP contribution < -0.4 is 10.6 Å². The van der Waals surface area contributed by atoms with Crippen LogP contribution >= 0.6 is 0 Å². The maximum Gasteiger partial charge on any atom is 0.251 e. The monoisotopic (exact) mass is 260 g/mol. The van der Waals surface area contributed by atoms with Gasteiger partial charge in [0.05, 0.1) is 6.10 Å². The second-order valence-electron chi connectivity index (χ2n) is 5.23. The van der Waals surface area contributed by atoms with Gasteiger partial charge in [0.25, 0.3) is 5.91 Å². The van der Waals surface area contributed by atoms with Crippen molar-refractivity contribution in [1.29, 1.82) is 0 Å². The van der Waals surface area contributed by atoms with Gasteiger partial charge in [0.2, 0.25) is 0 Å². The lowest BCUT2D eigenvalue weighted by Gasteiger charge is -2.10. The number of carbonyl (C=O) groups is 1. The number of anilines is 1. The Morgan fingerprint density at radius 1 is 1.47 bits per heavy atom. The summed E-state index contributed by atoms with van der Waals surface area (Å²) in [4.78, 5) is 12.0. The lowest BCUT2D eigenvalue weighted by molar-refractivity contribution is 0.0907. The van der Waals surface area contributed by atoms with E-state index < -0.39 is 0 Å². The first-order valence-corrected chi connectivity index (χ1v) is 7.09. The third-order valence-corrected chi connectivity index (χ3v) is 3.85. The highest BCUT2D eigenvalue weighted by molar-refractivity contribution is 5.95. The second kappa shape index (κ2) is 5.61. The summed E-state index contributed by atoms with van der Waals surface area (Å²) >= 11 is 0. The first-order chi connectivity index (χ1) is 9.33. The van der Waals surface area contributed by atoms with Gasteiger partial charge in [0.1, 0.15) is 0 Å². The number of hydrogen-bond donors (Lipinski definition) is 2. The molecule has 0 unspecified atom stereocenters. The minimum Gasteiger partial charge on any atom is -0.384 e. The van der Waals surface area contributed by atoms with Crippen LogP contribution in [0.3, 0.4) is 0 Å². The fraction of sp³-hybridized carbons (Fsp3) is 0.533. The quantitative estimate of drug-likeness (QED) is 0.870. The fourth-order valence-corrected chi connectivity index (χ4v) is 2.77. The maximum atomic E-state index is 12.0. The highest BCUT2D eigenvalue weighted by Gasteiger charge is 2.16. The van der Waals surface area contributed by atoms with Gasteiger partial charge in [0.15, 0.2) is 0 Å². The van der Waals surface area contributed by atoms with Crippen LogP contribution in [0.2, 0.25) is 0 Å². The zero-order valence-corrected chi connectivity index (χ0v) is 11.1. The molecule has 1 fully saturated rings. The summed E-state index contributed by atoms with van der Waals surface area (Å²) in [5.41, 5.74) is 3.16. The van der Waals surface area contributed by atoms with Crippen molar-refractivity contribution in [2.24, 2.45) is 0 Å². The van der Waals surface area contributed by atoms with Crippen molar-refractivity contribution < 1.29 is 9.53 Å². The zero-order chi connectivity index (χ0) is 13.1. The molecule has 4 nitrogen and oxygen atoms in total. The molecule has 0 aliphatic carbocycles. The molecule has 19 heavy (non-hydrogen) atoms. The van der Waals surface area contributed by atoms with Crippen LogP contribution in [0.25, 0.3) is 0 Å². The molecule has 1 amide bonds. The number of nitrogens with one attached hydrogen (secondary N) is 2. The Hall–Kier alpha value is -1.55. The van der Waals surface area contributed by atoms with E-state index in [1.807, 2.05) is 18.2 Å². The third-order valence-electron chi connectivity index (χ3n) is 3.85. The van der Waals surface area contributed by atoms with Crippen molar-refractivity contribution in [1.82, 2.24) is 5.32 Å². The molecular weight excluding hydrogens is 240 g/mol. The van der Waals surface area contributed by atoms with E-state index in [2.05, 4.69) is 10.6 Å². The van der Waals surface area contributed by atoms with E-state index in [0.717, 1.165) is 50.1 Å². The molecule has 0 bridgehead atoms. The van der Waals surface area contributed by atoms with Crippen molar-refractivity contribution in [3.05, 3.63) is 29.3 Å². The summed E-state index contributed by atoms with van der Waals surface area (Å²) in [6.45, 7) is 2.54. The van der Waals surface area contributed by atoms with Crippen molar-refractivity contribution in [2.75, 3.05) is 25.0 Å². The number of amides is 1. The topological polar surface area (TPSA) is 50.4 Å². The van der Waals surface area contributed by atoms with E-state index in [0.29, 0.717) is 12.6 Å². The molecule has 1 saturated heterocycles. The first-order valence-electron chi connectivity index (χ1n) is 7.09. The van der Waals surface area contributed by atoms with Gasteiger partial charge in [0, 0.05) is 30.9 Å². The number of hydrogen-bond acceptors (Lipinski definition) is 3. The van der Waals surface area contributed by atoms with Gasteiger partial charge in [-0.25, -0.2) is 0 Å². The minimum atomic E-state index is 0.0210. The van der Waals surface area contributed by atoms with E-state index in [1.54, 1.807) is 0 Å². The van der Waals surface area contributed by atoms with Crippen LogP contribution in [0, 0.1) is 0 Å². The maximum absolute atomic E-state index is 12.0. The van der Waals surface area contributed by atoms with Gasteiger partial charge < -0.3 is 15.4 Å². The first kappa shape index (κ1) is 12.5. The van der Waals surface area contributed by atoms with E-state index in [9.17, 15) is 4.79 Å². The molecule has 0 aromatic heterocycles. The highest BCUT2D eigenvalue weighted by Crippen LogP contribution is 2.23. The molecule has 0 saturated carbocycles. The summed E-state index contributed by atoms with van der Waals surface area (Å²) in [5.74, 6) is 0.0210. The van der Waals surface area contributed by atoms with E-state index >= 15 is 0 Å². The van der Waals surface area contributed by atoms with E-state index in [-0.39, 0.29) is 5.91 Å². The van der Waals surface area contributed by atoms with Crippen molar-refractivity contribution in [3.63, 3.8) is 0 Å². The minimum absolute atomic E-state index is 0.0210. The smallest absolute Gasteiger partial charge is 0.251 e. The van der Waals surface area contributed by atoms with Gasteiger partial charge in [-0.2, -0.15) is 0 Å². The van der Waals surface area contributed by atoms with Crippen LogP contribution in [0.4, 0.5) is 5.69 Å². The molecule has 0 spiro atoms. The van der Waals surface area contributed by atoms with Crippen LogP contribution in [0.1, 0.15) is 35.2 Å². The van der Waals surface area contributed by atoms with Gasteiger partial charge in [-0.05, 0) is 49.4 Å². The average Bonchev–Trinajstić information content (AvgIpc) is 3.08. The Kier molecular flexibility index (Phi) is 3.69. The molecule has 3 rings (SSSR count). The number of ether oxygens (including phenoxy) is 1. The van der Waals surface area contributed by atoms with Gasteiger partial charge in [-0.15, -0.1) is 0 Å². The van der Waals surface area contributed by atoms with Gasteiger partial charge >= 0.3 is 0 Å². The second-order valence-corrected chi connectivity index (χ2v) is 5.23. The fourth-order valence-electron chi connectivity index (χ4n) is 2.77. The molecule has 0 radical (unpaired) electrons. The highest BCUT2D eigenvalue weighted by atomic mass is 16.5. The average molecular weight is 260 g/mol. The molecule has 2 N–H and O–H groups in total. The molecule has 4 heteroatoms. The Bertz CT molecular complexity index is 467. The molecule has 102 valence electrons. The van der Waals surface area contributed by atoms with Gasteiger partial charge in [-0.1, -0.05) is 0 Å². The van der Waals surface area contributed by atoms with Crippen LogP contribution in [0.15, 0.2) is 18.2 Å². The Balaban J connectivity index is 1.52. The van der Waals surface area contributed by atoms with E-state index in [1.165, 1.54) is 5.56 Å². The number of benzene rings is 1. The lowest BCUT2D eigenvalue weighted by atomic mass is 10.1. The van der Waals surface area contributed by atoms with Crippen LogP contribution in [0.5, 0.6) is 0 Å². The Labute approximate surface area is 113 Å². The number of fused-ring (bicyclic) bond motifs is 1.